The molecule has 0 aromatic heterocycles. The highest BCUT2D eigenvalue weighted by Gasteiger charge is 2.29. The van der Waals surface area contributed by atoms with Crippen LogP contribution in [0.25, 0.3) is 0 Å². The number of aliphatic hydroxyl groups is 4. The molecule has 12 heavy (non-hydrogen) atoms. The lowest BCUT2D eigenvalue weighted by Crippen LogP contribution is -2.44. The van der Waals surface area contributed by atoms with E-state index in [0.29, 0.717) is 0 Å². The third-order valence-electron chi connectivity index (χ3n) is 1.31. The molecular weight excluding hydrogens is 168 g/mol. The van der Waals surface area contributed by atoms with Crippen LogP contribution in [0.2, 0.25) is 0 Å². The highest BCUT2D eigenvalue weighted by Crippen LogP contribution is 1.99. The van der Waals surface area contributed by atoms with E-state index in [1.54, 1.807) is 0 Å². The molecule has 0 aliphatic heterocycles. The molecule has 3 atom stereocenters. The van der Waals surface area contributed by atoms with E-state index < -0.39 is 30.7 Å². The van der Waals surface area contributed by atoms with Crippen molar-refractivity contribution in [3.05, 3.63) is 0 Å². The van der Waals surface area contributed by atoms with Crippen molar-refractivity contribution in [3.8, 4) is 0 Å². The highest BCUT2D eigenvalue weighted by atomic mass is 16.4. The molecule has 0 aromatic rings. The van der Waals surface area contributed by atoms with Gasteiger partial charge in [-0.3, -0.25) is 9.59 Å². The largest absolute Gasteiger partial charge is 0.394 e. The zero-order chi connectivity index (χ0) is 9.72. The molecule has 0 heterocycles. The average molecular weight is 178 g/mol. The van der Waals surface area contributed by atoms with Crippen LogP contribution < -0.4 is 0 Å². The van der Waals surface area contributed by atoms with Crippen molar-refractivity contribution in [1.29, 1.82) is 0 Å². The SMILES string of the molecule is O=CC(=O)[C@@H](O)[C@@H](O)[C@@H](O)CO. The van der Waals surface area contributed by atoms with Crippen LogP contribution in [0.4, 0.5) is 0 Å². The minimum Gasteiger partial charge on any atom is -0.394 e. The van der Waals surface area contributed by atoms with Gasteiger partial charge in [0.25, 0.3) is 0 Å². The van der Waals surface area contributed by atoms with Crippen molar-refractivity contribution in [3.63, 3.8) is 0 Å². The van der Waals surface area contributed by atoms with E-state index in [4.69, 9.17) is 20.4 Å². The first-order valence-corrected chi connectivity index (χ1v) is 3.18. The van der Waals surface area contributed by atoms with E-state index in [9.17, 15) is 9.59 Å². The molecule has 0 aliphatic rings. The molecule has 0 amide bonds. The second-order valence-electron chi connectivity index (χ2n) is 2.21. The number of aliphatic hydroxyl groups excluding tert-OH is 4. The average Bonchev–Trinajstić information content (AvgIpc) is 2.12. The Morgan fingerprint density at radius 2 is 1.83 bits per heavy atom. The molecule has 6 nitrogen and oxygen atoms in total. The molecule has 0 rings (SSSR count). The monoisotopic (exact) mass is 178 g/mol. The van der Waals surface area contributed by atoms with Crippen LogP contribution in [0, 0.1) is 0 Å². The minimum atomic E-state index is -1.98. The van der Waals surface area contributed by atoms with Gasteiger partial charge in [0.1, 0.15) is 18.3 Å². The van der Waals surface area contributed by atoms with Gasteiger partial charge in [0, 0.05) is 0 Å². The molecule has 0 saturated carbocycles. The molecule has 0 fully saturated rings. The fourth-order valence-corrected chi connectivity index (χ4v) is 0.556. The van der Waals surface area contributed by atoms with Crippen molar-refractivity contribution in [1.82, 2.24) is 0 Å². The van der Waals surface area contributed by atoms with Gasteiger partial charge in [-0.05, 0) is 0 Å². The van der Waals surface area contributed by atoms with Gasteiger partial charge in [0.15, 0.2) is 6.29 Å². The molecule has 6 heteroatoms. The first kappa shape index (κ1) is 11.2. The van der Waals surface area contributed by atoms with Crippen LogP contribution in [-0.2, 0) is 9.59 Å². The lowest BCUT2D eigenvalue weighted by atomic mass is 10.1. The van der Waals surface area contributed by atoms with E-state index in [-0.39, 0.29) is 6.29 Å². The van der Waals surface area contributed by atoms with E-state index in [2.05, 4.69) is 0 Å². The normalized spacial score (nSPS) is 18.0. The Hall–Kier alpha value is -0.820. The van der Waals surface area contributed by atoms with Gasteiger partial charge in [0.05, 0.1) is 6.61 Å². The second kappa shape index (κ2) is 4.94. The van der Waals surface area contributed by atoms with Gasteiger partial charge in [0.2, 0.25) is 5.78 Å². The lowest BCUT2D eigenvalue weighted by molar-refractivity contribution is -0.145. The standard InChI is InChI=1S/C6H10O6/c7-1-3(9)5(11)6(12)4(10)2-8/h1,4-6,8,10-12H,2H2/t4-,5+,6-/m0/s1. The zero-order valence-electron chi connectivity index (χ0n) is 6.12. The Kier molecular flexibility index (Phi) is 4.60. The summed E-state index contributed by atoms with van der Waals surface area (Å²) in [6, 6.07) is 0. The molecule has 0 bridgehead atoms. The summed E-state index contributed by atoms with van der Waals surface area (Å²) < 4.78 is 0. The Morgan fingerprint density at radius 3 is 2.17 bits per heavy atom. The Labute approximate surface area is 68.1 Å². The van der Waals surface area contributed by atoms with Crippen molar-refractivity contribution in [2.45, 2.75) is 18.3 Å². The van der Waals surface area contributed by atoms with E-state index >= 15 is 0 Å². The maximum atomic E-state index is 10.4. The maximum absolute atomic E-state index is 10.4. The van der Waals surface area contributed by atoms with Gasteiger partial charge in [-0.2, -0.15) is 0 Å². The van der Waals surface area contributed by atoms with E-state index in [0.717, 1.165) is 0 Å². The van der Waals surface area contributed by atoms with Gasteiger partial charge < -0.3 is 20.4 Å². The summed E-state index contributed by atoms with van der Waals surface area (Å²) in [5.74, 6) is -1.24. The quantitative estimate of drug-likeness (QED) is 0.261. The highest BCUT2D eigenvalue weighted by molar-refractivity contribution is 6.27. The number of hydrogen-bond acceptors (Lipinski definition) is 6. The minimum absolute atomic E-state index is 0.169. The van der Waals surface area contributed by atoms with Gasteiger partial charge in [-0.15, -0.1) is 0 Å². The first-order valence-electron chi connectivity index (χ1n) is 3.18. The van der Waals surface area contributed by atoms with Crippen LogP contribution in [0.1, 0.15) is 0 Å². The smallest absolute Gasteiger partial charge is 0.226 e. The lowest BCUT2D eigenvalue weighted by Gasteiger charge is -2.18. The number of carbonyl (C=O) groups excluding carboxylic acids is 2. The molecule has 4 N–H and O–H groups in total. The van der Waals surface area contributed by atoms with Crippen LogP contribution in [0.3, 0.4) is 0 Å². The van der Waals surface area contributed by atoms with Crippen LogP contribution in [-0.4, -0.2) is 57.4 Å². The number of ketones is 1. The molecule has 0 spiro atoms. The molecule has 0 radical (unpaired) electrons. The molecule has 0 unspecified atom stereocenters. The molecule has 0 saturated heterocycles. The molecule has 0 aromatic carbocycles. The number of carbonyl (C=O) groups is 2. The van der Waals surface area contributed by atoms with Crippen molar-refractivity contribution < 1.29 is 30.0 Å². The molecular formula is C6H10O6. The summed E-state index contributed by atoms with van der Waals surface area (Å²) in [6.07, 6.45) is -5.63. The predicted molar refractivity (Wildman–Crippen MR) is 36.2 cm³/mol. The van der Waals surface area contributed by atoms with Crippen LogP contribution >= 0.6 is 0 Å². The van der Waals surface area contributed by atoms with Crippen LogP contribution in [0.15, 0.2) is 0 Å². The molecule has 70 valence electrons. The first-order chi connectivity index (χ1) is 5.54. The zero-order valence-corrected chi connectivity index (χ0v) is 6.12. The number of rotatable bonds is 5. The summed E-state index contributed by atoms with van der Waals surface area (Å²) >= 11 is 0. The van der Waals surface area contributed by atoms with Gasteiger partial charge in [-0.1, -0.05) is 0 Å². The summed E-state index contributed by atoms with van der Waals surface area (Å²) in [4.78, 5) is 20.2. The van der Waals surface area contributed by atoms with Crippen molar-refractivity contribution >= 4 is 12.1 Å². The van der Waals surface area contributed by atoms with Crippen LogP contribution in [0.5, 0.6) is 0 Å². The summed E-state index contributed by atoms with van der Waals surface area (Å²) in [6.45, 7) is -0.801. The van der Waals surface area contributed by atoms with Crippen molar-refractivity contribution in [2.75, 3.05) is 6.61 Å². The van der Waals surface area contributed by atoms with E-state index in [1.807, 2.05) is 0 Å². The van der Waals surface area contributed by atoms with Gasteiger partial charge in [-0.25, -0.2) is 0 Å². The van der Waals surface area contributed by atoms with E-state index in [1.165, 1.54) is 0 Å². The Morgan fingerprint density at radius 1 is 1.33 bits per heavy atom. The fraction of sp³-hybridized carbons (Fsp3) is 0.667. The summed E-state index contributed by atoms with van der Waals surface area (Å²) in [7, 11) is 0. The third kappa shape index (κ3) is 2.67. The Balaban J connectivity index is 4.17. The van der Waals surface area contributed by atoms with Crippen molar-refractivity contribution in [2.24, 2.45) is 0 Å². The Bertz CT molecular complexity index is 167. The van der Waals surface area contributed by atoms with Gasteiger partial charge >= 0.3 is 0 Å². The number of Topliss-reactive ketones (excluding diaryl/α,β-unsaturated/α-hetero) is 1. The summed E-state index contributed by atoms with van der Waals surface area (Å²) in [5, 5.41) is 34.6. The maximum Gasteiger partial charge on any atom is 0.226 e. The third-order valence-corrected chi connectivity index (χ3v) is 1.31. The molecule has 0 aliphatic carbocycles. The predicted octanol–water partition coefficient (Wildman–Crippen LogP) is -3.17. The fourth-order valence-electron chi connectivity index (χ4n) is 0.556. The number of aldehydes is 1. The number of hydrogen-bond donors (Lipinski definition) is 4. The second-order valence-corrected chi connectivity index (χ2v) is 2.21. The summed E-state index contributed by atoms with van der Waals surface area (Å²) in [5.41, 5.74) is 0. The topological polar surface area (TPSA) is 115 Å².